The van der Waals surface area contributed by atoms with Crippen LogP contribution in [0.3, 0.4) is 0 Å². The predicted octanol–water partition coefficient (Wildman–Crippen LogP) is 4.95. The van der Waals surface area contributed by atoms with E-state index < -0.39 is 0 Å². The third-order valence-electron chi connectivity index (χ3n) is 3.98. The Morgan fingerprint density at radius 3 is 2.57 bits per heavy atom. The summed E-state index contributed by atoms with van der Waals surface area (Å²) in [6, 6.07) is 11.1. The van der Waals surface area contributed by atoms with Crippen LogP contribution in [0, 0.1) is 0 Å². The summed E-state index contributed by atoms with van der Waals surface area (Å²) in [5.74, 6) is 1.18. The zero-order chi connectivity index (χ0) is 19.9. The Kier molecular flexibility index (Phi) is 7.03. The van der Waals surface area contributed by atoms with Crippen LogP contribution in [-0.4, -0.2) is 47.0 Å². The highest BCUT2D eigenvalue weighted by Crippen LogP contribution is 2.32. The topological polar surface area (TPSA) is 66.0 Å². The second-order valence-corrected chi connectivity index (χ2v) is 7.29. The first kappa shape index (κ1) is 20.3. The summed E-state index contributed by atoms with van der Waals surface area (Å²) in [7, 11) is 4.11. The number of hydrogen-bond donors (Lipinski definition) is 2. The van der Waals surface area contributed by atoms with Crippen molar-refractivity contribution in [2.24, 2.45) is 0 Å². The Morgan fingerprint density at radius 2 is 1.82 bits per heavy atom. The molecule has 0 aliphatic heterocycles. The average Bonchev–Trinajstić information content (AvgIpc) is 2.69. The van der Waals surface area contributed by atoms with Gasteiger partial charge < -0.3 is 15.5 Å². The summed E-state index contributed by atoms with van der Waals surface area (Å²) in [5.41, 5.74) is 2.43. The highest BCUT2D eigenvalue weighted by atomic mass is 35.5. The first-order valence-corrected chi connectivity index (χ1v) is 9.67. The minimum atomic E-state index is 0.453. The van der Waals surface area contributed by atoms with E-state index >= 15 is 0 Å². The summed E-state index contributed by atoms with van der Waals surface area (Å²) in [6.45, 7) is 1.76. The van der Waals surface area contributed by atoms with Crippen molar-refractivity contribution < 1.29 is 0 Å². The van der Waals surface area contributed by atoms with Crippen LogP contribution >= 0.6 is 23.2 Å². The first-order valence-electron chi connectivity index (χ1n) is 8.92. The van der Waals surface area contributed by atoms with Gasteiger partial charge >= 0.3 is 0 Å². The van der Waals surface area contributed by atoms with Crippen LogP contribution in [-0.2, 0) is 0 Å². The number of benzene rings is 1. The van der Waals surface area contributed by atoms with E-state index in [1.54, 1.807) is 18.5 Å². The lowest BCUT2D eigenvalue weighted by molar-refractivity contribution is 0.405. The van der Waals surface area contributed by atoms with Crippen molar-refractivity contribution in [1.82, 2.24) is 19.9 Å². The maximum Gasteiger partial charge on any atom is 0.225 e. The number of rotatable bonds is 8. The fourth-order valence-corrected chi connectivity index (χ4v) is 2.94. The van der Waals surface area contributed by atoms with Gasteiger partial charge in [0, 0.05) is 30.6 Å². The number of nitrogens with one attached hydrogen (secondary N) is 2. The van der Waals surface area contributed by atoms with Crippen LogP contribution in [0.4, 0.5) is 17.5 Å². The molecule has 1 aromatic carbocycles. The zero-order valence-electron chi connectivity index (χ0n) is 15.8. The molecule has 0 spiro atoms. The van der Waals surface area contributed by atoms with Crippen molar-refractivity contribution in [3.63, 3.8) is 0 Å². The number of anilines is 3. The molecule has 0 saturated heterocycles. The highest BCUT2D eigenvalue weighted by molar-refractivity contribution is 6.43. The normalized spacial score (nSPS) is 10.9. The van der Waals surface area contributed by atoms with E-state index in [9.17, 15) is 0 Å². The van der Waals surface area contributed by atoms with E-state index in [2.05, 4.69) is 44.6 Å². The molecule has 0 amide bonds. The van der Waals surface area contributed by atoms with Crippen molar-refractivity contribution in [2.45, 2.75) is 6.42 Å². The molecule has 3 rings (SSSR count). The lowest BCUT2D eigenvalue weighted by Crippen LogP contribution is -2.17. The van der Waals surface area contributed by atoms with E-state index in [-0.39, 0.29) is 0 Å². The summed E-state index contributed by atoms with van der Waals surface area (Å²) >= 11 is 12.4. The molecule has 2 aromatic heterocycles. The Labute approximate surface area is 174 Å². The zero-order valence-corrected chi connectivity index (χ0v) is 17.3. The molecule has 8 heteroatoms. The Balaban J connectivity index is 1.87. The number of halogens is 2. The van der Waals surface area contributed by atoms with Crippen molar-refractivity contribution >= 4 is 40.7 Å². The molecule has 0 bridgehead atoms. The van der Waals surface area contributed by atoms with Crippen LogP contribution in [0.15, 0.2) is 48.8 Å². The van der Waals surface area contributed by atoms with Gasteiger partial charge in [-0.05, 0) is 51.3 Å². The van der Waals surface area contributed by atoms with Crippen LogP contribution in [0.5, 0.6) is 0 Å². The van der Waals surface area contributed by atoms with Crippen molar-refractivity contribution in [3.05, 3.63) is 58.8 Å². The molecule has 0 aliphatic carbocycles. The molecule has 28 heavy (non-hydrogen) atoms. The SMILES string of the molecule is CN(C)CCCNc1nc(Nc2cccc(Cl)c2Cl)cc(-c2ccncc2)n1. The van der Waals surface area contributed by atoms with E-state index in [4.69, 9.17) is 23.2 Å². The third-order valence-corrected chi connectivity index (χ3v) is 4.80. The van der Waals surface area contributed by atoms with Gasteiger partial charge in [0.15, 0.2) is 0 Å². The molecule has 0 saturated carbocycles. The number of pyridine rings is 1. The molecule has 0 atom stereocenters. The van der Waals surface area contributed by atoms with Gasteiger partial charge in [-0.2, -0.15) is 4.98 Å². The maximum absolute atomic E-state index is 6.31. The van der Waals surface area contributed by atoms with Crippen molar-refractivity contribution in [2.75, 3.05) is 37.8 Å². The van der Waals surface area contributed by atoms with Crippen molar-refractivity contribution in [3.8, 4) is 11.3 Å². The smallest absolute Gasteiger partial charge is 0.225 e. The number of nitrogens with zero attached hydrogens (tertiary/aromatic N) is 4. The second-order valence-electron chi connectivity index (χ2n) is 6.51. The molecule has 2 N–H and O–H groups in total. The van der Waals surface area contributed by atoms with E-state index in [1.165, 1.54) is 0 Å². The molecule has 3 aromatic rings. The Bertz CT molecular complexity index is 918. The fourth-order valence-electron chi connectivity index (χ4n) is 2.59. The average molecular weight is 417 g/mol. The quantitative estimate of drug-likeness (QED) is 0.506. The van der Waals surface area contributed by atoms with Gasteiger partial charge in [0.1, 0.15) is 5.82 Å². The van der Waals surface area contributed by atoms with E-state index in [0.29, 0.717) is 27.5 Å². The fraction of sp³-hybridized carbons (Fsp3) is 0.250. The van der Waals surface area contributed by atoms with Gasteiger partial charge in [-0.3, -0.25) is 4.98 Å². The molecular formula is C20H22Cl2N6. The maximum atomic E-state index is 6.31. The van der Waals surface area contributed by atoms with Gasteiger partial charge in [0.25, 0.3) is 0 Å². The molecule has 146 valence electrons. The van der Waals surface area contributed by atoms with Gasteiger partial charge in [0.2, 0.25) is 5.95 Å². The lowest BCUT2D eigenvalue weighted by Gasteiger charge is -2.13. The largest absolute Gasteiger partial charge is 0.354 e. The Morgan fingerprint density at radius 1 is 1.04 bits per heavy atom. The first-order chi connectivity index (χ1) is 13.5. The Hall–Kier alpha value is -2.41. The number of hydrogen-bond acceptors (Lipinski definition) is 6. The molecule has 0 aliphatic rings. The molecule has 6 nitrogen and oxygen atoms in total. The van der Waals surface area contributed by atoms with Crippen LogP contribution in [0.25, 0.3) is 11.3 Å². The molecule has 0 unspecified atom stereocenters. The van der Waals surface area contributed by atoms with Crippen LogP contribution in [0.2, 0.25) is 10.0 Å². The molecule has 2 heterocycles. The number of aromatic nitrogens is 3. The molecular weight excluding hydrogens is 395 g/mol. The summed E-state index contributed by atoms with van der Waals surface area (Å²) in [5, 5.41) is 7.48. The standard InChI is InChI=1S/C20H22Cl2N6/c1-28(2)12-4-9-24-20-26-17(14-7-10-23-11-8-14)13-18(27-20)25-16-6-3-5-15(21)19(16)22/h3,5-8,10-11,13H,4,9,12H2,1-2H3,(H2,24,25,26,27). The van der Waals surface area contributed by atoms with Crippen LogP contribution in [0.1, 0.15) is 6.42 Å². The van der Waals surface area contributed by atoms with E-state index in [0.717, 1.165) is 30.8 Å². The molecule has 0 fully saturated rings. The third kappa shape index (κ3) is 5.55. The van der Waals surface area contributed by atoms with Gasteiger partial charge in [-0.25, -0.2) is 4.98 Å². The van der Waals surface area contributed by atoms with Gasteiger partial charge in [-0.1, -0.05) is 29.3 Å². The summed E-state index contributed by atoms with van der Waals surface area (Å²) < 4.78 is 0. The summed E-state index contributed by atoms with van der Waals surface area (Å²) in [4.78, 5) is 15.4. The minimum Gasteiger partial charge on any atom is -0.354 e. The predicted molar refractivity (Wildman–Crippen MR) is 117 cm³/mol. The van der Waals surface area contributed by atoms with Gasteiger partial charge in [-0.15, -0.1) is 0 Å². The highest BCUT2D eigenvalue weighted by Gasteiger charge is 2.10. The van der Waals surface area contributed by atoms with E-state index in [1.807, 2.05) is 30.3 Å². The summed E-state index contributed by atoms with van der Waals surface area (Å²) in [6.07, 6.45) is 4.46. The minimum absolute atomic E-state index is 0.453. The van der Waals surface area contributed by atoms with Crippen LogP contribution < -0.4 is 10.6 Å². The lowest BCUT2D eigenvalue weighted by atomic mass is 10.2. The second kappa shape index (κ2) is 9.68. The van der Waals surface area contributed by atoms with Gasteiger partial charge in [0.05, 0.1) is 21.4 Å². The monoisotopic (exact) mass is 416 g/mol. The molecule has 0 radical (unpaired) electrons. The van der Waals surface area contributed by atoms with Crippen molar-refractivity contribution in [1.29, 1.82) is 0 Å².